The molecule has 0 fully saturated rings. The molecule has 0 bridgehead atoms. The van der Waals surface area contributed by atoms with Gasteiger partial charge in [0, 0.05) is 31.6 Å². The summed E-state index contributed by atoms with van der Waals surface area (Å²) in [7, 11) is 2.16. The van der Waals surface area contributed by atoms with E-state index < -0.39 is 0 Å². The lowest BCUT2D eigenvalue weighted by Crippen LogP contribution is -2.29. The number of rotatable bonds is 8. The third kappa shape index (κ3) is 3.58. The van der Waals surface area contributed by atoms with Gasteiger partial charge in [0.1, 0.15) is 0 Å². The molecule has 0 aliphatic carbocycles. The molecular formula is C16H26N4. The highest BCUT2D eigenvalue weighted by molar-refractivity contribution is 5.81. The summed E-state index contributed by atoms with van der Waals surface area (Å²) < 4.78 is 2.09. The number of fused-ring (bicyclic) bond motifs is 1. The summed E-state index contributed by atoms with van der Waals surface area (Å²) in [5, 5.41) is 9.47. The lowest BCUT2D eigenvalue weighted by molar-refractivity contribution is 0.320. The first-order valence-corrected chi connectivity index (χ1v) is 7.60. The van der Waals surface area contributed by atoms with Gasteiger partial charge in [0.2, 0.25) is 0 Å². The Labute approximate surface area is 121 Å². The van der Waals surface area contributed by atoms with E-state index in [-0.39, 0.29) is 0 Å². The summed E-state index contributed by atoms with van der Waals surface area (Å²) in [6, 6.07) is 8.50. The zero-order valence-electron chi connectivity index (χ0n) is 12.9. The van der Waals surface area contributed by atoms with E-state index in [9.17, 15) is 0 Å². The molecule has 1 aromatic heterocycles. The van der Waals surface area contributed by atoms with Crippen molar-refractivity contribution in [3.63, 3.8) is 0 Å². The zero-order chi connectivity index (χ0) is 14.4. The van der Waals surface area contributed by atoms with Gasteiger partial charge >= 0.3 is 0 Å². The fourth-order valence-corrected chi connectivity index (χ4v) is 2.46. The van der Waals surface area contributed by atoms with Crippen LogP contribution in [0.4, 0.5) is 0 Å². The topological polar surface area (TPSA) is 33.1 Å². The molecule has 0 saturated heterocycles. The number of nitrogens with one attached hydrogen (secondary N) is 1. The molecule has 4 nitrogen and oxygen atoms in total. The molecule has 0 aliphatic heterocycles. The summed E-state index contributed by atoms with van der Waals surface area (Å²) in [4.78, 5) is 2.33. The van der Waals surface area contributed by atoms with Crippen LogP contribution in [-0.2, 0) is 13.1 Å². The molecule has 0 spiro atoms. The Kier molecular flexibility index (Phi) is 5.56. The highest BCUT2D eigenvalue weighted by Gasteiger charge is 2.10. The van der Waals surface area contributed by atoms with Crippen LogP contribution in [0.5, 0.6) is 0 Å². The van der Waals surface area contributed by atoms with Gasteiger partial charge in [-0.3, -0.25) is 9.58 Å². The number of aromatic nitrogens is 2. The first-order valence-electron chi connectivity index (χ1n) is 7.60. The summed E-state index contributed by atoms with van der Waals surface area (Å²) in [5.41, 5.74) is 2.42. The average Bonchev–Trinajstić information content (AvgIpc) is 2.82. The van der Waals surface area contributed by atoms with Gasteiger partial charge in [-0.25, -0.2) is 0 Å². The molecule has 0 aliphatic rings. The third-order valence-corrected chi connectivity index (χ3v) is 3.55. The highest BCUT2D eigenvalue weighted by Crippen LogP contribution is 2.19. The van der Waals surface area contributed by atoms with Gasteiger partial charge in [0.05, 0.1) is 11.2 Å². The molecule has 0 atom stereocenters. The fraction of sp³-hybridized carbons (Fsp3) is 0.562. The normalized spacial score (nSPS) is 11.6. The molecule has 2 aromatic rings. The Morgan fingerprint density at radius 1 is 1.20 bits per heavy atom. The minimum atomic E-state index is 0.904. The maximum atomic E-state index is 4.75. The van der Waals surface area contributed by atoms with Crippen molar-refractivity contribution in [3.05, 3.63) is 30.0 Å². The maximum Gasteiger partial charge on any atom is 0.0843 e. The predicted molar refractivity (Wildman–Crippen MR) is 84.9 cm³/mol. The number of nitrogens with zero attached hydrogens (tertiary/aromatic N) is 3. The van der Waals surface area contributed by atoms with Gasteiger partial charge in [0.15, 0.2) is 0 Å². The molecule has 1 aromatic carbocycles. The Morgan fingerprint density at radius 3 is 2.75 bits per heavy atom. The fourth-order valence-electron chi connectivity index (χ4n) is 2.46. The van der Waals surface area contributed by atoms with Crippen LogP contribution in [0.2, 0.25) is 0 Å². The van der Waals surface area contributed by atoms with E-state index in [4.69, 9.17) is 5.10 Å². The number of aryl methyl sites for hydroxylation is 1. The second kappa shape index (κ2) is 7.41. The standard InChI is InChI=1S/C16H26N4/c1-4-10-17-11-12-19(3)13-15-14-8-6-7-9-16(14)20(5-2)18-15/h6-9,17H,4-5,10-13H2,1-3H3. The molecule has 0 unspecified atom stereocenters. The molecule has 20 heavy (non-hydrogen) atoms. The number of para-hydroxylation sites is 1. The molecule has 0 amide bonds. The van der Waals surface area contributed by atoms with E-state index in [1.807, 2.05) is 0 Å². The minimum absolute atomic E-state index is 0.904. The van der Waals surface area contributed by atoms with Crippen molar-refractivity contribution in [1.29, 1.82) is 0 Å². The van der Waals surface area contributed by atoms with Crippen molar-refractivity contribution < 1.29 is 0 Å². The first-order chi connectivity index (χ1) is 9.76. The number of likely N-dealkylation sites (N-methyl/N-ethyl adjacent to an activating group) is 1. The summed E-state index contributed by atoms with van der Waals surface area (Å²) >= 11 is 0. The van der Waals surface area contributed by atoms with Gasteiger partial charge in [0.25, 0.3) is 0 Å². The number of hydrogen-bond donors (Lipinski definition) is 1. The average molecular weight is 274 g/mol. The van der Waals surface area contributed by atoms with Crippen LogP contribution in [0.3, 0.4) is 0 Å². The summed E-state index contributed by atoms with van der Waals surface area (Å²) in [6.07, 6.45) is 1.19. The quantitative estimate of drug-likeness (QED) is 0.751. The van der Waals surface area contributed by atoms with Crippen molar-refractivity contribution in [2.45, 2.75) is 33.4 Å². The van der Waals surface area contributed by atoms with Gasteiger partial charge in [-0.2, -0.15) is 5.10 Å². The van der Waals surface area contributed by atoms with Crippen LogP contribution in [0.15, 0.2) is 24.3 Å². The minimum Gasteiger partial charge on any atom is -0.315 e. The lowest BCUT2D eigenvalue weighted by Gasteiger charge is -2.15. The van der Waals surface area contributed by atoms with Crippen LogP contribution in [0.1, 0.15) is 26.0 Å². The molecule has 110 valence electrons. The van der Waals surface area contributed by atoms with Crippen molar-refractivity contribution in [1.82, 2.24) is 20.0 Å². The second-order valence-corrected chi connectivity index (χ2v) is 5.27. The van der Waals surface area contributed by atoms with Gasteiger partial charge < -0.3 is 5.32 Å². The molecule has 0 radical (unpaired) electrons. The Balaban J connectivity index is 2.02. The molecule has 1 heterocycles. The van der Waals surface area contributed by atoms with Gasteiger partial charge in [-0.05, 0) is 33.0 Å². The SMILES string of the molecule is CCCNCCN(C)Cc1nn(CC)c2ccccc12. The second-order valence-electron chi connectivity index (χ2n) is 5.27. The van der Waals surface area contributed by atoms with Crippen molar-refractivity contribution in [3.8, 4) is 0 Å². The van der Waals surface area contributed by atoms with Crippen LogP contribution in [0.25, 0.3) is 10.9 Å². The highest BCUT2D eigenvalue weighted by atomic mass is 15.3. The van der Waals surface area contributed by atoms with Crippen molar-refractivity contribution in [2.75, 3.05) is 26.7 Å². The lowest BCUT2D eigenvalue weighted by atomic mass is 10.2. The maximum absolute atomic E-state index is 4.75. The number of benzene rings is 1. The smallest absolute Gasteiger partial charge is 0.0843 e. The molecule has 2 rings (SSSR count). The van der Waals surface area contributed by atoms with Crippen molar-refractivity contribution >= 4 is 10.9 Å². The zero-order valence-corrected chi connectivity index (χ0v) is 12.9. The van der Waals surface area contributed by atoms with Gasteiger partial charge in [-0.15, -0.1) is 0 Å². The molecule has 0 saturated carbocycles. The Bertz CT molecular complexity index is 532. The monoisotopic (exact) mass is 274 g/mol. The molecular weight excluding hydrogens is 248 g/mol. The molecule has 1 N–H and O–H groups in total. The van der Waals surface area contributed by atoms with E-state index in [1.54, 1.807) is 0 Å². The van der Waals surface area contributed by atoms with E-state index in [1.165, 1.54) is 23.0 Å². The van der Waals surface area contributed by atoms with Gasteiger partial charge in [-0.1, -0.05) is 25.1 Å². The van der Waals surface area contributed by atoms with Crippen LogP contribution in [-0.4, -0.2) is 41.4 Å². The van der Waals surface area contributed by atoms with E-state index in [0.29, 0.717) is 0 Å². The van der Waals surface area contributed by atoms with E-state index >= 15 is 0 Å². The molecule has 4 heteroatoms. The Hall–Kier alpha value is -1.39. The van der Waals surface area contributed by atoms with Crippen LogP contribution < -0.4 is 5.32 Å². The van der Waals surface area contributed by atoms with E-state index in [0.717, 1.165) is 32.7 Å². The summed E-state index contributed by atoms with van der Waals surface area (Å²) in [6.45, 7) is 9.34. The summed E-state index contributed by atoms with van der Waals surface area (Å²) in [5.74, 6) is 0. The number of hydrogen-bond acceptors (Lipinski definition) is 3. The van der Waals surface area contributed by atoms with Crippen LogP contribution in [0, 0.1) is 0 Å². The third-order valence-electron chi connectivity index (χ3n) is 3.55. The predicted octanol–water partition coefficient (Wildman–Crippen LogP) is 2.49. The largest absolute Gasteiger partial charge is 0.315 e. The Morgan fingerprint density at radius 2 is 2.00 bits per heavy atom. The van der Waals surface area contributed by atoms with E-state index in [2.05, 4.69) is 60.1 Å². The first kappa shape index (κ1) is 15.0. The van der Waals surface area contributed by atoms with Crippen molar-refractivity contribution in [2.24, 2.45) is 0 Å². The van der Waals surface area contributed by atoms with Crippen LogP contribution >= 0.6 is 0 Å².